The average Bonchev–Trinajstić information content (AvgIpc) is 1.90. The zero-order valence-electron chi connectivity index (χ0n) is 6.14. The second kappa shape index (κ2) is 3.21. The molecule has 0 aliphatic heterocycles. The quantitative estimate of drug-likeness (QED) is 0.572. The van der Waals surface area contributed by atoms with Gasteiger partial charge in [0.15, 0.2) is 0 Å². The van der Waals surface area contributed by atoms with Crippen molar-refractivity contribution >= 4 is 0 Å². The van der Waals surface area contributed by atoms with Crippen molar-refractivity contribution in [1.82, 2.24) is 0 Å². The Hall–Kier alpha value is -0.0400. The van der Waals surface area contributed by atoms with Crippen LogP contribution >= 0.6 is 0 Å². The van der Waals surface area contributed by atoms with E-state index in [-0.39, 0.29) is 6.10 Å². The lowest BCUT2D eigenvalue weighted by atomic mass is 9.86. The summed E-state index contributed by atoms with van der Waals surface area (Å²) in [6.07, 6.45) is 5.90. The molecule has 0 heterocycles. The predicted octanol–water partition coefficient (Wildman–Crippen LogP) is 1.95. The minimum atomic E-state index is 0.0211. The van der Waals surface area contributed by atoms with Gasteiger partial charge in [-0.3, -0.25) is 0 Å². The van der Waals surface area contributed by atoms with Crippen molar-refractivity contribution in [2.24, 2.45) is 5.92 Å². The number of rotatable bonds is 1. The summed E-state index contributed by atoms with van der Waals surface area (Å²) in [7, 11) is 0. The number of aliphatic hydroxyl groups excluding tert-OH is 1. The van der Waals surface area contributed by atoms with E-state index in [1.165, 1.54) is 19.3 Å². The van der Waals surface area contributed by atoms with Gasteiger partial charge >= 0.3 is 0 Å². The van der Waals surface area contributed by atoms with Crippen molar-refractivity contribution in [1.29, 1.82) is 0 Å². The van der Waals surface area contributed by atoms with Crippen molar-refractivity contribution in [3.8, 4) is 0 Å². The smallest absolute Gasteiger partial charge is 0.0540 e. The molecule has 1 aliphatic rings. The van der Waals surface area contributed by atoms with Gasteiger partial charge in [0.2, 0.25) is 0 Å². The molecule has 1 nitrogen and oxygen atoms in total. The van der Waals surface area contributed by atoms with Crippen molar-refractivity contribution in [2.45, 2.75) is 45.1 Å². The summed E-state index contributed by atoms with van der Waals surface area (Å²) in [5, 5.41) is 9.12. The summed E-state index contributed by atoms with van der Waals surface area (Å²) in [6, 6.07) is 0. The van der Waals surface area contributed by atoms with Crippen LogP contribution < -0.4 is 0 Å². The molecule has 0 bridgehead atoms. The SMILES string of the molecule is CCC1CCC(O)CC1. The molecule has 0 saturated heterocycles. The molecule has 1 heteroatoms. The first kappa shape index (κ1) is 7.07. The van der Waals surface area contributed by atoms with Crippen LogP contribution in [0.2, 0.25) is 0 Å². The Labute approximate surface area is 57.1 Å². The highest BCUT2D eigenvalue weighted by Gasteiger charge is 2.16. The van der Waals surface area contributed by atoms with E-state index in [0.29, 0.717) is 0 Å². The third kappa shape index (κ3) is 1.98. The maximum atomic E-state index is 9.12. The first-order chi connectivity index (χ1) is 4.33. The van der Waals surface area contributed by atoms with Gasteiger partial charge < -0.3 is 5.11 Å². The zero-order valence-corrected chi connectivity index (χ0v) is 6.14. The van der Waals surface area contributed by atoms with E-state index in [4.69, 9.17) is 5.11 Å². The zero-order chi connectivity index (χ0) is 6.69. The molecule has 0 unspecified atom stereocenters. The van der Waals surface area contributed by atoms with Crippen LogP contribution in [0.3, 0.4) is 0 Å². The lowest BCUT2D eigenvalue weighted by molar-refractivity contribution is 0.108. The number of aliphatic hydroxyl groups is 1. The van der Waals surface area contributed by atoms with Crippen molar-refractivity contribution in [3.63, 3.8) is 0 Å². The van der Waals surface area contributed by atoms with E-state index in [1.54, 1.807) is 0 Å². The highest BCUT2D eigenvalue weighted by molar-refractivity contribution is 4.69. The van der Waals surface area contributed by atoms with Crippen LogP contribution in [0, 0.1) is 5.92 Å². The molecule has 0 radical (unpaired) electrons. The third-order valence-electron chi connectivity index (χ3n) is 2.39. The van der Waals surface area contributed by atoms with Gasteiger partial charge in [0, 0.05) is 0 Å². The molecule has 0 amide bonds. The topological polar surface area (TPSA) is 20.2 Å². The number of hydrogen-bond donors (Lipinski definition) is 1. The van der Waals surface area contributed by atoms with E-state index in [0.717, 1.165) is 18.8 Å². The summed E-state index contributed by atoms with van der Waals surface area (Å²) >= 11 is 0. The second-order valence-corrected chi connectivity index (χ2v) is 3.08. The number of hydrogen-bond acceptors (Lipinski definition) is 1. The summed E-state index contributed by atoms with van der Waals surface area (Å²) in [5.74, 6) is 0.911. The van der Waals surface area contributed by atoms with Gasteiger partial charge in [-0.25, -0.2) is 0 Å². The van der Waals surface area contributed by atoms with Crippen LogP contribution in [-0.4, -0.2) is 11.2 Å². The van der Waals surface area contributed by atoms with Gasteiger partial charge in [-0.2, -0.15) is 0 Å². The molecular weight excluding hydrogens is 112 g/mol. The highest BCUT2D eigenvalue weighted by atomic mass is 16.3. The molecule has 1 saturated carbocycles. The Morgan fingerprint density at radius 1 is 1.22 bits per heavy atom. The van der Waals surface area contributed by atoms with Gasteiger partial charge in [-0.05, 0) is 31.6 Å². The van der Waals surface area contributed by atoms with Crippen molar-refractivity contribution < 1.29 is 5.11 Å². The minimum Gasteiger partial charge on any atom is -0.393 e. The molecule has 9 heavy (non-hydrogen) atoms. The molecule has 1 N–H and O–H groups in total. The fourth-order valence-electron chi connectivity index (χ4n) is 1.55. The molecule has 54 valence electrons. The normalized spacial score (nSPS) is 36.7. The minimum absolute atomic E-state index is 0.0211. The average molecular weight is 128 g/mol. The first-order valence-electron chi connectivity index (χ1n) is 4.01. The van der Waals surface area contributed by atoms with Crippen LogP contribution in [0.4, 0.5) is 0 Å². The largest absolute Gasteiger partial charge is 0.393 e. The molecular formula is C8H16O. The van der Waals surface area contributed by atoms with Gasteiger partial charge in [0.25, 0.3) is 0 Å². The Kier molecular flexibility index (Phi) is 2.52. The molecule has 0 atom stereocenters. The van der Waals surface area contributed by atoms with Crippen LogP contribution in [0.1, 0.15) is 39.0 Å². The Bertz CT molecular complexity index is 72.6. The molecule has 1 fully saturated rings. The second-order valence-electron chi connectivity index (χ2n) is 3.08. The fraction of sp³-hybridized carbons (Fsp3) is 1.00. The molecule has 1 rings (SSSR count). The van der Waals surface area contributed by atoms with E-state index in [9.17, 15) is 0 Å². The molecule has 0 aromatic carbocycles. The monoisotopic (exact) mass is 128 g/mol. The van der Waals surface area contributed by atoms with E-state index in [1.807, 2.05) is 0 Å². The van der Waals surface area contributed by atoms with Gasteiger partial charge in [0.05, 0.1) is 6.10 Å². The van der Waals surface area contributed by atoms with Crippen LogP contribution in [0.5, 0.6) is 0 Å². The molecule has 0 aromatic heterocycles. The lowest BCUT2D eigenvalue weighted by Gasteiger charge is -2.23. The van der Waals surface area contributed by atoms with Gasteiger partial charge in [0.1, 0.15) is 0 Å². The third-order valence-corrected chi connectivity index (χ3v) is 2.39. The standard InChI is InChI=1S/C8H16O/c1-2-7-3-5-8(9)6-4-7/h7-9H,2-6H2,1H3. The van der Waals surface area contributed by atoms with Crippen molar-refractivity contribution in [2.75, 3.05) is 0 Å². The van der Waals surface area contributed by atoms with Crippen LogP contribution in [0.25, 0.3) is 0 Å². The van der Waals surface area contributed by atoms with Crippen LogP contribution in [0.15, 0.2) is 0 Å². The predicted molar refractivity (Wildman–Crippen MR) is 38.3 cm³/mol. The maximum absolute atomic E-state index is 9.12. The fourth-order valence-corrected chi connectivity index (χ4v) is 1.55. The summed E-state index contributed by atoms with van der Waals surface area (Å²) < 4.78 is 0. The van der Waals surface area contributed by atoms with Crippen molar-refractivity contribution in [3.05, 3.63) is 0 Å². The maximum Gasteiger partial charge on any atom is 0.0540 e. The first-order valence-corrected chi connectivity index (χ1v) is 4.01. The lowest BCUT2D eigenvalue weighted by Crippen LogP contribution is -2.17. The van der Waals surface area contributed by atoms with Crippen LogP contribution in [-0.2, 0) is 0 Å². The van der Waals surface area contributed by atoms with E-state index >= 15 is 0 Å². The van der Waals surface area contributed by atoms with E-state index in [2.05, 4.69) is 6.92 Å². The summed E-state index contributed by atoms with van der Waals surface area (Å²) in [4.78, 5) is 0. The molecule has 0 spiro atoms. The summed E-state index contributed by atoms with van der Waals surface area (Å²) in [5.41, 5.74) is 0. The molecule has 1 aliphatic carbocycles. The van der Waals surface area contributed by atoms with E-state index < -0.39 is 0 Å². The Balaban J connectivity index is 2.18. The van der Waals surface area contributed by atoms with Gasteiger partial charge in [-0.15, -0.1) is 0 Å². The summed E-state index contributed by atoms with van der Waals surface area (Å²) in [6.45, 7) is 2.24. The van der Waals surface area contributed by atoms with Gasteiger partial charge in [-0.1, -0.05) is 13.3 Å². The highest BCUT2D eigenvalue weighted by Crippen LogP contribution is 2.25. The Morgan fingerprint density at radius 2 is 1.78 bits per heavy atom. The Morgan fingerprint density at radius 3 is 2.22 bits per heavy atom. The molecule has 0 aromatic rings.